The molecule has 0 saturated heterocycles. The molecule has 0 amide bonds. The molecule has 1 aromatic carbocycles. The molecular formula is C13H20O. The Morgan fingerprint density at radius 3 is 2.14 bits per heavy atom. The van der Waals surface area contributed by atoms with E-state index in [1.807, 2.05) is 37.3 Å². The largest absolute Gasteiger partial charge is 0.494 e. The summed E-state index contributed by atoms with van der Waals surface area (Å²) in [5.74, 6) is 2.01. The van der Waals surface area contributed by atoms with Crippen LogP contribution in [0.4, 0.5) is 0 Å². The lowest BCUT2D eigenvalue weighted by atomic mass is 9.88. The minimum atomic E-state index is 0.740. The van der Waals surface area contributed by atoms with E-state index in [0.29, 0.717) is 0 Å². The second kappa shape index (κ2) is 6.47. The summed E-state index contributed by atoms with van der Waals surface area (Å²) in [6, 6.07) is 9.80. The maximum absolute atomic E-state index is 5.21. The topological polar surface area (TPSA) is 9.23 Å². The molecule has 0 N–H and O–H groups in total. The first-order valence-electron chi connectivity index (χ1n) is 5.50. The average Bonchev–Trinajstić information content (AvgIpc) is 2.18. The molecular weight excluding hydrogens is 172 g/mol. The lowest BCUT2D eigenvalue weighted by Gasteiger charge is -2.18. The first-order chi connectivity index (χ1) is 6.83. The highest BCUT2D eigenvalue weighted by Gasteiger charge is 2.09. The second-order valence-electron chi connectivity index (χ2n) is 3.78. The average molecular weight is 192 g/mol. The van der Waals surface area contributed by atoms with Gasteiger partial charge in [-0.05, 0) is 25.0 Å². The highest BCUT2D eigenvalue weighted by atomic mass is 16.5. The van der Waals surface area contributed by atoms with Crippen molar-refractivity contribution in [2.24, 2.45) is 5.92 Å². The Balaban J connectivity index is 0.000000165. The van der Waals surface area contributed by atoms with E-state index >= 15 is 0 Å². The predicted molar refractivity (Wildman–Crippen MR) is 60.6 cm³/mol. The van der Waals surface area contributed by atoms with E-state index in [1.165, 1.54) is 19.3 Å². The fourth-order valence-electron chi connectivity index (χ4n) is 1.30. The Morgan fingerprint density at radius 2 is 1.79 bits per heavy atom. The van der Waals surface area contributed by atoms with E-state index < -0.39 is 0 Å². The minimum absolute atomic E-state index is 0.740. The highest BCUT2D eigenvalue weighted by molar-refractivity contribution is 5.20. The van der Waals surface area contributed by atoms with Crippen molar-refractivity contribution in [2.75, 3.05) is 6.61 Å². The van der Waals surface area contributed by atoms with Gasteiger partial charge in [0.25, 0.3) is 0 Å². The smallest absolute Gasteiger partial charge is 0.119 e. The highest BCUT2D eigenvalue weighted by Crippen LogP contribution is 2.24. The molecule has 2 rings (SSSR count). The number of hydrogen-bond donors (Lipinski definition) is 0. The molecule has 0 radical (unpaired) electrons. The van der Waals surface area contributed by atoms with Gasteiger partial charge in [0, 0.05) is 0 Å². The Bertz CT molecular complexity index is 226. The van der Waals surface area contributed by atoms with Gasteiger partial charge in [-0.15, -0.1) is 0 Å². The normalized spacial score (nSPS) is 15.0. The second-order valence-corrected chi connectivity index (χ2v) is 3.78. The molecule has 0 aliphatic heterocycles. The molecule has 1 saturated carbocycles. The molecule has 1 aromatic rings. The van der Waals surface area contributed by atoms with Gasteiger partial charge in [-0.2, -0.15) is 0 Å². The molecule has 1 nitrogen and oxygen atoms in total. The van der Waals surface area contributed by atoms with Crippen LogP contribution >= 0.6 is 0 Å². The lowest BCUT2D eigenvalue weighted by molar-refractivity contribution is 0.340. The van der Waals surface area contributed by atoms with E-state index in [4.69, 9.17) is 4.74 Å². The van der Waals surface area contributed by atoms with E-state index in [-0.39, 0.29) is 0 Å². The van der Waals surface area contributed by atoms with Crippen LogP contribution in [0.15, 0.2) is 30.3 Å². The standard InChI is InChI=1S/C8H10O.C5H10/c1-2-9-8-6-4-3-5-7-8;1-5-3-2-4-5/h3-7H,2H2,1H3;5H,2-4H2,1H3. The summed E-state index contributed by atoms with van der Waals surface area (Å²) in [6.07, 6.45) is 4.46. The maximum atomic E-state index is 5.21. The number of para-hydroxylation sites is 1. The Morgan fingerprint density at radius 1 is 1.21 bits per heavy atom. The zero-order valence-corrected chi connectivity index (χ0v) is 9.20. The van der Waals surface area contributed by atoms with Crippen LogP contribution in [0.5, 0.6) is 5.75 Å². The lowest BCUT2D eigenvalue weighted by Crippen LogP contribution is -2.04. The summed E-state index contributed by atoms with van der Waals surface area (Å²) in [5, 5.41) is 0. The van der Waals surface area contributed by atoms with Crippen LogP contribution in [0.2, 0.25) is 0 Å². The van der Waals surface area contributed by atoms with Crippen molar-refractivity contribution in [1.29, 1.82) is 0 Å². The van der Waals surface area contributed by atoms with Gasteiger partial charge in [0.2, 0.25) is 0 Å². The molecule has 0 unspecified atom stereocenters. The third-order valence-corrected chi connectivity index (χ3v) is 2.45. The van der Waals surface area contributed by atoms with Crippen molar-refractivity contribution >= 4 is 0 Å². The fraction of sp³-hybridized carbons (Fsp3) is 0.538. The van der Waals surface area contributed by atoms with Crippen LogP contribution in [0.1, 0.15) is 33.1 Å². The van der Waals surface area contributed by atoms with Gasteiger partial charge in [-0.25, -0.2) is 0 Å². The quantitative estimate of drug-likeness (QED) is 0.690. The van der Waals surface area contributed by atoms with Gasteiger partial charge in [0.15, 0.2) is 0 Å². The molecule has 1 fully saturated rings. The van der Waals surface area contributed by atoms with Gasteiger partial charge in [0.05, 0.1) is 6.61 Å². The van der Waals surface area contributed by atoms with Gasteiger partial charge in [-0.3, -0.25) is 0 Å². The monoisotopic (exact) mass is 192 g/mol. The number of hydrogen-bond acceptors (Lipinski definition) is 1. The van der Waals surface area contributed by atoms with Crippen molar-refractivity contribution in [1.82, 2.24) is 0 Å². The van der Waals surface area contributed by atoms with Gasteiger partial charge in [-0.1, -0.05) is 44.4 Å². The van der Waals surface area contributed by atoms with Gasteiger partial charge >= 0.3 is 0 Å². The predicted octanol–water partition coefficient (Wildman–Crippen LogP) is 3.89. The zero-order valence-electron chi connectivity index (χ0n) is 9.20. The summed E-state index contributed by atoms with van der Waals surface area (Å²) in [7, 11) is 0. The Hall–Kier alpha value is -0.980. The van der Waals surface area contributed by atoms with Crippen LogP contribution in [0.25, 0.3) is 0 Å². The molecule has 0 aromatic heterocycles. The van der Waals surface area contributed by atoms with Crippen LogP contribution in [0, 0.1) is 5.92 Å². The zero-order chi connectivity index (χ0) is 10.2. The fourth-order valence-corrected chi connectivity index (χ4v) is 1.30. The summed E-state index contributed by atoms with van der Waals surface area (Å²) in [5.41, 5.74) is 0. The first kappa shape index (κ1) is 11.1. The third kappa shape index (κ3) is 4.31. The van der Waals surface area contributed by atoms with Crippen molar-refractivity contribution in [3.05, 3.63) is 30.3 Å². The first-order valence-corrected chi connectivity index (χ1v) is 5.50. The molecule has 1 heteroatoms. The minimum Gasteiger partial charge on any atom is -0.494 e. The van der Waals surface area contributed by atoms with Crippen molar-refractivity contribution in [3.63, 3.8) is 0 Å². The van der Waals surface area contributed by atoms with Crippen molar-refractivity contribution in [2.45, 2.75) is 33.1 Å². The molecule has 78 valence electrons. The molecule has 0 bridgehead atoms. The van der Waals surface area contributed by atoms with Gasteiger partial charge < -0.3 is 4.74 Å². The van der Waals surface area contributed by atoms with Crippen LogP contribution in [-0.2, 0) is 0 Å². The Kier molecular flexibility index (Phi) is 5.13. The molecule has 1 aliphatic carbocycles. The van der Waals surface area contributed by atoms with Gasteiger partial charge in [0.1, 0.15) is 5.75 Å². The Labute approximate surface area is 87.1 Å². The third-order valence-electron chi connectivity index (χ3n) is 2.45. The van der Waals surface area contributed by atoms with E-state index in [2.05, 4.69) is 6.92 Å². The molecule has 14 heavy (non-hydrogen) atoms. The van der Waals surface area contributed by atoms with E-state index in [0.717, 1.165) is 18.3 Å². The van der Waals surface area contributed by atoms with Crippen LogP contribution in [0.3, 0.4) is 0 Å². The number of ether oxygens (including phenoxy) is 1. The summed E-state index contributed by atoms with van der Waals surface area (Å²) >= 11 is 0. The summed E-state index contributed by atoms with van der Waals surface area (Å²) in [6.45, 7) is 5.03. The SMILES string of the molecule is CC1CCC1.CCOc1ccccc1. The number of rotatable bonds is 2. The molecule has 0 spiro atoms. The number of benzene rings is 1. The van der Waals surface area contributed by atoms with Crippen molar-refractivity contribution in [3.8, 4) is 5.75 Å². The van der Waals surface area contributed by atoms with Crippen LogP contribution in [-0.4, -0.2) is 6.61 Å². The molecule has 0 atom stereocenters. The van der Waals surface area contributed by atoms with E-state index in [1.54, 1.807) is 0 Å². The van der Waals surface area contributed by atoms with E-state index in [9.17, 15) is 0 Å². The summed E-state index contributed by atoms with van der Waals surface area (Å²) < 4.78 is 5.21. The molecule has 0 heterocycles. The summed E-state index contributed by atoms with van der Waals surface area (Å²) in [4.78, 5) is 0. The molecule has 1 aliphatic rings. The van der Waals surface area contributed by atoms with Crippen molar-refractivity contribution < 1.29 is 4.74 Å². The van der Waals surface area contributed by atoms with Crippen LogP contribution < -0.4 is 4.74 Å². The maximum Gasteiger partial charge on any atom is 0.119 e.